The Morgan fingerprint density at radius 1 is 1.03 bits per heavy atom. The molecule has 0 bridgehead atoms. The molecule has 7 nitrogen and oxygen atoms in total. The van der Waals surface area contributed by atoms with Gasteiger partial charge in [-0.1, -0.05) is 18.2 Å². The molecule has 1 unspecified atom stereocenters. The highest BCUT2D eigenvalue weighted by Crippen LogP contribution is 2.40. The molecule has 32 heavy (non-hydrogen) atoms. The topological polar surface area (TPSA) is 100.0 Å². The molecule has 0 radical (unpaired) electrons. The summed E-state index contributed by atoms with van der Waals surface area (Å²) in [5.74, 6) is -1.07. The molecule has 1 aliphatic heterocycles. The summed E-state index contributed by atoms with van der Waals surface area (Å²) in [5.41, 5.74) is 1.58. The summed E-state index contributed by atoms with van der Waals surface area (Å²) in [6.07, 6.45) is 1.61. The number of aromatic hydroxyl groups is 1. The number of carbonyl (C=O) groups is 2. The first-order chi connectivity index (χ1) is 15.5. The minimum absolute atomic E-state index is 0.0132. The van der Waals surface area contributed by atoms with Crippen LogP contribution in [0.4, 0.5) is 0 Å². The van der Waals surface area contributed by atoms with Gasteiger partial charge in [0, 0.05) is 11.8 Å². The normalized spacial score (nSPS) is 17.5. The lowest BCUT2D eigenvalue weighted by atomic mass is 9.95. The molecule has 2 N–H and O–H groups in total. The fourth-order valence-electron chi connectivity index (χ4n) is 3.74. The van der Waals surface area contributed by atoms with E-state index in [-0.39, 0.29) is 23.6 Å². The number of ketones is 1. The van der Waals surface area contributed by atoms with Gasteiger partial charge in [-0.05, 0) is 61.0 Å². The Morgan fingerprint density at radius 3 is 2.38 bits per heavy atom. The van der Waals surface area contributed by atoms with Gasteiger partial charge in [-0.2, -0.15) is 0 Å². The van der Waals surface area contributed by atoms with E-state index in [1.54, 1.807) is 60.8 Å². The van der Waals surface area contributed by atoms with Gasteiger partial charge in [0.25, 0.3) is 11.7 Å². The van der Waals surface area contributed by atoms with Crippen molar-refractivity contribution in [3.8, 4) is 11.5 Å². The zero-order valence-electron chi connectivity index (χ0n) is 17.4. The average Bonchev–Trinajstić information content (AvgIpc) is 3.05. The van der Waals surface area contributed by atoms with Gasteiger partial charge in [0.1, 0.15) is 17.3 Å². The fraction of sp³-hybridized carbons (Fsp3) is 0.160. The highest BCUT2D eigenvalue weighted by molar-refractivity contribution is 6.46. The molecule has 2 aromatic carbocycles. The zero-order valence-corrected chi connectivity index (χ0v) is 17.4. The number of aliphatic hydroxyl groups is 1. The van der Waals surface area contributed by atoms with Crippen LogP contribution in [0.1, 0.15) is 29.8 Å². The van der Waals surface area contributed by atoms with Gasteiger partial charge in [-0.25, -0.2) is 0 Å². The van der Waals surface area contributed by atoms with Crippen molar-refractivity contribution in [2.24, 2.45) is 0 Å². The van der Waals surface area contributed by atoms with Crippen LogP contribution in [0, 0.1) is 0 Å². The molecular formula is C25H22N2O5. The van der Waals surface area contributed by atoms with Crippen LogP contribution in [-0.2, 0) is 16.1 Å². The Hall–Kier alpha value is -4.13. The van der Waals surface area contributed by atoms with Crippen LogP contribution in [0.15, 0.2) is 78.5 Å². The highest BCUT2D eigenvalue weighted by atomic mass is 16.5. The number of phenolic OH excluding ortho intramolecular Hbond substituents is 1. The van der Waals surface area contributed by atoms with Crippen molar-refractivity contribution in [2.75, 3.05) is 6.61 Å². The molecule has 0 aliphatic carbocycles. The first-order valence-corrected chi connectivity index (χ1v) is 10.2. The van der Waals surface area contributed by atoms with Crippen molar-refractivity contribution in [2.45, 2.75) is 19.5 Å². The molecule has 0 saturated carbocycles. The smallest absolute Gasteiger partial charge is 0.296 e. The number of phenols is 1. The minimum atomic E-state index is -0.829. The predicted molar refractivity (Wildman–Crippen MR) is 118 cm³/mol. The van der Waals surface area contributed by atoms with E-state index in [1.165, 1.54) is 17.0 Å². The van der Waals surface area contributed by atoms with Crippen LogP contribution in [-0.4, -0.2) is 38.4 Å². The Balaban J connectivity index is 1.81. The molecule has 162 valence electrons. The van der Waals surface area contributed by atoms with E-state index in [4.69, 9.17) is 4.74 Å². The van der Waals surface area contributed by atoms with E-state index in [0.717, 1.165) is 0 Å². The van der Waals surface area contributed by atoms with Gasteiger partial charge in [-0.15, -0.1) is 0 Å². The molecule has 1 aromatic heterocycles. The number of ether oxygens (including phenoxy) is 1. The van der Waals surface area contributed by atoms with Gasteiger partial charge in [0.15, 0.2) is 0 Å². The van der Waals surface area contributed by atoms with E-state index in [1.807, 2.05) is 6.92 Å². The molecule has 1 saturated heterocycles. The third kappa shape index (κ3) is 4.05. The minimum Gasteiger partial charge on any atom is -0.508 e. The number of hydrogen-bond donors (Lipinski definition) is 2. The number of nitrogens with zero attached hydrogens (tertiary/aromatic N) is 2. The van der Waals surface area contributed by atoms with Crippen molar-refractivity contribution in [3.05, 3.63) is 95.3 Å². The molecule has 4 rings (SSSR count). The van der Waals surface area contributed by atoms with Crippen LogP contribution in [0.3, 0.4) is 0 Å². The molecule has 1 aliphatic rings. The first kappa shape index (κ1) is 21.1. The molecule has 1 amide bonds. The van der Waals surface area contributed by atoms with E-state index in [2.05, 4.69) is 4.98 Å². The van der Waals surface area contributed by atoms with Crippen LogP contribution in [0.2, 0.25) is 0 Å². The molecule has 3 aromatic rings. The maximum atomic E-state index is 13.0. The number of amides is 1. The van der Waals surface area contributed by atoms with E-state index in [0.29, 0.717) is 29.2 Å². The number of Topliss-reactive ketones (excluding diaryl/α,β-unsaturated/α-hetero) is 1. The SMILES string of the molecule is CCOc1ccc(/C(O)=C2\C(=O)C(=O)N(Cc3ccccn3)C2c2ccc(O)cc2)cc1. The van der Waals surface area contributed by atoms with Crippen LogP contribution < -0.4 is 4.74 Å². The van der Waals surface area contributed by atoms with Crippen molar-refractivity contribution < 1.29 is 24.5 Å². The Bertz CT molecular complexity index is 1160. The van der Waals surface area contributed by atoms with Gasteiger partial charge < -0.3 is 19.8 Å². The summed E-state index contributed by atoms with van der Waals surface area (Å²) in [5, 5.41) is 20.8. The van der Waals surface area contributed by atoms with Crippen molar-refractivity contribution >= 4 is 17.4 Å². The Kier molecular flexibility index (Phi) is 5.89. The Morgan fingerprint density at radius 2 is 1.75 bits per heavy atom. The number of likely N-dealkylation sites (tertiary alicyclic amines) is 1. The molecule has 0 spiro atoms. The maximum Gasteiger partial charge on any atom is 0.296 e. The molecule has 7 heteroatoms. The van der Waals surface area contributed by atoms with Crippen molar-refractivity contribution in [3.63, 3.8) is 0 Å². The number of rotatable bonds is 6. The number of carbonyl (C=O) groups excluding carboxylic acids is 2. The van der Waals surface area contributed by atoms with E-state index in [9.17, 15) is 19.8 Å². The highest BCUT2D eigenvalue weighted by Gasteiger charge is 2.46. The first-order valence-electron chi connectivity index (χ1n) is 10.2. The standard InChI is InChI=1S/C25H22N2O5/c1-2-32-20-12-8-17(9-13-20)23(29)21-22(16-6-10-19(28)11-7-16)27(25(31)24(21)30)15-18-5-3-4-14-26-18/h3-14,22,28-29H,2,15H2,1H3/b23-21+. The number of benzene rings is 2. The van der Waals surface area contributed by atoms with Gasteiger partial charge in [0.2, 0.25) is 0 Å². The predicted octanol–water partition coefficient (Wildman–Crippen LogP) is 3.81. The lowest BCUT2D eigenvalue weighted by Crippen LogP contribution is -2.29. The largest absolute Gasteiger partial charge is 0.508 e. The number of hydrogen-bond acceptors (Lipinski definition) is 6. The third-order valence-corrected chi connectivity index (χ3v) is 5.25. The van der Waals surface area contributed by atoms with Gasteiger partial charge in [0.05, 0.1) is 30.5 Å². The van der Waals surface area contributed by atoms with Gasteiger partial charge in [-0.3, -0.25) is 14.6 Å². The average molecular weight is 430 g/mol. The van der Waals surface area contributed by atoms with Crippen LogP contribution >= 0.6 is 0 Å². The third-order valence-electron chi connectivity index (χ3n) is 5.25. The monoisotopic (exact) mass is 430 g/mol. The number of aromatic nitrogens is 1. The zero-order chi connectivity index (χ0) is 22.7. The lowest BCUT2D eigenvalue weighted by molar-refractivity contribution is -0.140. The molecular weight excluding hydrogens is 408 g/mol. The summed E-state index contributed by atoms with van der Waals surface area (Å²) in [6, 6.07) is 17.4. The fourth-order valence-corrected chi connectivity index (χ4v) is 3.74. The quantitative estimate of drug-likeness (QED) is 0.350. The summed E-state index contributed by atoms with van der Waals surface area (Å²) in [7, 11) is 0. The van der Waals surface area contributed by atoms with E-state index < -0.39 is 17.7 Å². The maximum absolute atomic E-state index is 13.0. The molecule has 1 atom stereocenters. The van der Waals surface area contributed by atoms with Crippen molar-refractivity contribution in [1.29, 1.82) is 0 Å². The van der Waals surface area contributed by atoms with Gasteiger partial charge >= 0.3 is 0 Å². The lowest BCUT2D eigenvalue weighted by Gasteiger charge is -2.25. The van der Waals surface area contributed by atoms with Crippen LogP contribution in [0.5, 0.6) is 11.5 Å². The molecule has 1 fully saturated rings. The second-order valence-corrected chi connectivity index (χ2v) is 7.30. The summed E-state index contributed by atoms with van der Waals surface area (Å²) in [4.78, 5) is 31.7. The second-order valence-electron chi connectivity index (χ2n) is 7.30. The Labute approximate surface area is 185 Å². The van der Waals surface area contributed by atoms with Crippen molar-refractivity contribution in [1.82, 2.24) is 9.88 Å². The van der Waals surface area contributed by atoms with Crippen LogP contribution in [0.25, 0.3) is 5.76 Å². The summed E-state index contributed by atoms with van der Waals surface area (Å²) in [6.45, 7) is 2.47. The second kappa shape index (κ2) is 8.93. The van der Waals surface area contributed by atoms with E-state index >= 15 is 0 Å². The summed E-state index contributed by atoms with van der Waals surface area (Å²) >= 11 is 0. The number of pyridine rings is 1. The number of aliphatic hydroxyl groups excluding tert-OH is 1. The summed E-state index contributed by atoms with van der Waals surface area (Å²) < 4.78 is 5.43. The molecule has 2 heterocycles.